The summed E-state index contributed by atoms with van der Waals surface area (Å²) in [5.41, 5.74) is 0. The van der Waals surface area contributed by atoms with Gasteiger partial charge in [-0.05, 0) is 0 Å². The van der Waals surface area contributed by atoms with Gasteiger partial charge in [0.1, 0.15) is 0 Å². The Morgan fingerprint density at radius 3 is 1.00 bits per heavy atom. The number of rotatable bonds is 0. The van der Waals surface area contributed by atoms with E-state index in [1.165, 1.54) is 0 Å². The van der Waals surface area contributed by atoms with Gasteiger partial charge in [-0.2, -0.15) is 0 Å². The van der Waals surface area contributed by atoms with Crippen LogP contribution in [-0.2, 0) is 0 Å². The van der Waals surface area contributed by atoms with E-state index in [1.807, 2.05) is 0 Å². The van der Waals surface area contributed by atoms with Crippen molar-refractivity contribution in [3.05, 3.63) is 0 Å². The second-order valence-corrected chi connectivity index (χ2v) is 1.80. The van der Waals surface area contributed by atoms with Gasteiger partial charge in [0.2, 0.25) is 0 Å². The monoisotopic (exact) mass is 144 g/mol. The largest absolute Gasteiger partial charge is 0.668 e. The van der Waals surface area contributed by atoms with Crippen LogP contribution in [0.5, 0.6) is 0 Å². The fourth-order valence-corrected chi connectivity index (χ4v) is 0. The zero-order valence-corrected chi connectivity index (χ0v) is 6.67. The lowest BCUT2D eigenvalue weighted by atomic mass is 15.7. The molecule has 0 aromatic carbocycles. The van der Waals surface area contributed by atoms with Crippen LogP contribution in [0.4, 0.5) is 3.52 Å². The first-order valence-electron chi connectivity index (χ1n) is 1.27. The standard InChI is InChI=1S/Al.FH.H4O4Si.2H/c;;1-5(2,3)4;;/h;1H;1-4H;;/q+1;;;;/p-1. The van der Waals surface area contributed by atoms with Gasteiger partial charge in [-0.3, -0.25) is 0 Å². The van der Waals surface area contributed by atoms with Crippen LogP contribution < -0.4 is 0 Å². The van der Waals surface area contributed by atoms with Crippen LogP contribution in [0.2, 0.25) is 0 Å². The van der Waals surface area contributed by atoms with E-state index in [0.717, 1.165) is 0 Å². The molecular formula is H6AlFO4Si. The average Bonchev–Trinajstić information content (AvgIpc) is 1.36. The Morgan fingerprint density at radius 1 is 1.00 bits per heavy atom. The van der Waals surface area contributed by atoms with Crippen molar-refractivity contribution >= 4 is 25.8 Å². The molecule has 44 valence electrons. The lowest BCUT2D eigenvalue weighted by Crippen LogP contribution is -2.33. The van der Waals surface area contributed by atoms with Crippen LogP contribution in [0.15, 0.2) is 0 Å². The molecule has 0 aliphatic rings. The van der Waals surface area contributed by atoms with Gasteiger partial charge in [0.25, 0.3) is 0 Å². The minimum Gasteiger partial charge on any atom is -0.430 e. The summed E-state index contributed by atoms with van der Waals surface area (Å²) in [6, 6.07) is 0. The summed E-state index contributed by atoms with van der Waals surface area (Å²) < 4.78 is 9.64. The molecule has 0 unspecified atom stereocenters. The maximum atomic E-state index is 9.64. The first-order valence-corrected chi connectivity index (χ1v) is 3.82. The number of hydrogen-bond acceptors (Lipinski definition) is 4. The first kappa shape index (κ1) is 10.5. The van der Waals surface area contributed by atoms with Gasteiger partial charge in [-0.15, -0.1) is 0 Å². The molecule has 7 heteroatoms. The van der Waals surface area contributed by atoms with E-state index in [9.17, 15) is 3.52 Å². The van der Waals surface area contributed by atoms with E-state index in [-0.39, 0.29) is 16.7 Å². The smallest absolute Gasteiger partial charge is 0.430 e. The van der Waals surface area contributed by atoms with Crippen molar-refractivity contribution in [2.45, 2.75) is 0 Å². The van der Waals surface area contributed by atoms with Gasteiger partial charge >= 0.3 is 25.8 Å². The van der Waals surface area contributed by atoms with Crippen LogP contribution >= 0.6 is 0 Å². The van der Waals surface area contributed by atoms with Crippen molar-refractivity contribution in [3.63, 3.8) is 0 Å². The Balaban J connectivity index is 0. The van der Waals surface area contributed by atoms with Gasteiger partial charge in [-0.25, -0.2) is 0 Å². The normalized spacial score (nSPS) is 9.29. The molecule has 0 spiro atoms. The average molecular weight is 144 g/mol. The van der Waals surface area contributed by atoms with Gasteiger partial charge < -0.3 is 22.7 Å². The van der Waals surface area contributed by atoms with Crippen molar-refractivity contribution in [1.29, 1.82) is 0 Å². The SMILES string of the molecule is O[Si](O)(O)O.[F][AlH2]. The third-order valence-electron chi connectivity index (χ3n) is 0. The minimum atomic E-state index is -4.61. The summed E-state index contributed by atoms with van der Waals surface area (Å²) in [6.45, 7) is 0. The first-order chi connectivity index (χ1) is 3.00. The van der Waals surface area contributed by atoms with Crippen LogP contribution in [0.1, 0.15) is 0 Å². The molecule has 0 saturated heterocycles. The second-order valence-electron chi connectivity index (χ2n) is 0.600. The molecule has 0 radical (unpaired) electrons. The van der Waals surface area contributed by atoms with Crippen molar-refractivity contribution < 1.29 is 22.7 Å². The molecule has 4 N–H and O–H groups in total. The molecule has 0 saturated carbocycles. The lowest BCUT2D eigenvalue weighted by Gasteiger charge is -1.91. The molecule has 0 fully saturated rings. The predicted molar refractivity (Wildman–Crippen MR) is 24.3 cm³/mol. The Bertz CT molecular complexity index is 27.2. The molecule has 0 amide bonds. The van der Waals surface area contributed by atoms with E-state index < -0.39 is 9.05 Å². The molecule has 0 aliphatic carbocycles. The Kier molecular flexibility index (Phi) is 7.00. The van der Waals surface area contributed by atoms with Gasteiger partial charge in [-0.1, -0.05) is 0 Å². The summed E-state index contributed by atoms with van der Waals surface area (Å²) in [5, 5.41) is 0. The van der Waals surface area contributed by atoms with Gasteiger partial charge in [0.05, 0.1) is 0 Å². The molecule has 0 rings (SSSR count). The van der Waals surface area contributed by atoms with Gasteiger partial charge in [0.15, 0.2) is 0 Å². The fourth-order valence-electron chi connectivity index (χ4n) is 0. The highest BCUT2D eigenvalue weighted by molar-refractivity contribution is 6.46. The zero-order valence-electron chi connectivity index (χ0n) is 3.67. The highest BCUT2D eigenvalue weighted by atomic mass is 28.4. The maximum absolute atomic E-state index is 9.64. The molecular weight excluding hydrogens is 138 g/mol. The highest BCUT2D eigenvalue weighted by Gasteiger charge is 2.22. The van der Waals surface area contributed by atoms with Crippen LogP contribution in [0.3, 0.4) is 0 Å². The number of hydrogen-bond donors (Lipinski definition) is 4. The molecule has 0 aliphatic heterocycles. The third-order valence-corrected chi connectivity index (χ3v) is 0. The molecule has 4 nitrogen and oxygen atoms in total. The van der Waals surface area contributed by atoms with Crippen molar-refractivity contribution in [1.82, 2.24) is 0 Å². The Labute approximate surface area is 49.2 Å². The highest BCUT2D eigenvalue weighted by Crippen LogP contribution is 1.67. The summed E-state index contributed by atoms with van der Waals surface area (Å²) in [7, 11) is -4.61. The van der Waals surface area contributed by atoms with E-state index in [1.54, 1.807) is 0 Å². The summed E-state index contributed by atoms with van der Waals surface area (Å²) >= 11 is -0.194. The molecule has 7 heavy (non-hydrogen) atoms. The van der Waals surface area contributed by atoms with E-state index in [2.05, 4.69) is 0 Å². The Hall–Kier alpha value is 0.519. The summed E-state index contributed by atoms with van der Waals surface area (Å²) in [6.07, 6.45) is 0. The number of halogens is 1. The minimum absolute atomic E-state index is 0.194. The Morgan fingerprint density at radius 2 is 1.00 bits per heavy atom. The van der Waals surface area contributed by atoms with Gasteiger partial charge in [0, 0.05) is 0 Å². The summed E-state index contributed by atoms with van der Waals surface area (Å²) in [5.74, 6) is 0. The zero-order chi connectivity index (χ0) is 6.50. The molecule has 0 aromatic rings. The molecule has 0 heterocycles. The maximum Gasteiger partial charge on any atom is 0.668 e. The van der Waals surface area contributed by atoms with Crippen LogP contribution in [0.25, 0.3) is 0 Å². The quantitative estimate of drug-likeness (QED) is 0.271. The van der Waals surface area contributed by atoms with Crippen molar-refractivity contribution in [3.8, 4) is 0 Å². The fraction of sp³-hybridized carbons (Fsp3) is 0. The van der Waals surface area contributed by atoms with Crippen molar-refractivity contribution in [2.75, 3.05) is 0 Å². The molecule has 0 atom stereocenters. The third kappa shape index (κ3) is 494. The van der Waals surface area contributed by atoms with E-state index in [0.29, 0.717) is 0 Å². The lowest BCUT2D eigenvalue weighted by molar-refractivity contribution is 0.117. The topological polar surface area (TPSA) is 80.9 Å². The predicted octanol–water partition coefficient (Wildman–Crippen LogP) is -3.10. The van der Waals surface area contributed by atoms with E-state index >= 15 is 0 Å². The molecule has 0 aromatic heterocycles. The second kappa shape index (κ2) is 4.67. The summed E-state index contributed by atoms with van der Waals surface area (Å²) in [4.78, 5) is 29.3. The van der Waals surface area contributed by atoms with Crippen LogP contribution in [0, 0.1) is 0 Å². The van der Waals surface area contributed by atoms with Crippen molar-refractivity contribution in [2.24, 2.45) is 0 Å². The van der Waals surface area contributed by atoms with Crippen LogP contribution in [-0.4, -0.2) is 45.0 Å². The van der Waals surface area contributed by atoms with E-state index in [4.69, 9.17) is 19.2 Å². The molecule has 0 bridgehead atoms.